The Labute approximate surface area is 194 Å². The van der Waals surface area contributed by atoms with Crippen molar-refractivity contribution in [3.8, 4) is 35.2 Å². The van der Waals surface area contributed by atoms with Crippen molar-refractivity contribution in [3.63, 3.8) is 0 Å². The molecule has 174 valence electrons. The second-order valence-electron chi connectivity index (χ2n) is 7.79. The Morgan fingerprint density at radius 1 is 1.21 bits per heavy atom. The number of hydrogen-bond acceptors (Lipinski definition) is 5. The van der Waals surface area contributed by atoms with Gasteiger partial charge >= 0.3 is 0 Å². The highest BCUT2D eigenvalue weighted by Gasteiger charge is 2.23. The minimum absolute atomic E-state index is 0.162. The molecule has 33 heavy (non-hydrogen) atoms. The van der Waals surface area contributed by atoms with Crippen LogP contribution in [0.5, 0.6) is 11.6 Å². The number of aliphatic hydroxyl groups excluding tert-OH is 1. The molecule has 0 aliphatic heterocycles. The van der Waals surface area contributed by atoms with Crippen LogP contribution >= 0.6 is 0 Å². The molecule has 0 saturated heterocycles. The average Bonchev–Trinajstić information content (AvgIpc) is 3.10. The van der Waals surface area contributed by atoms with Crippen molar-refractivity contribution >= 4 is 0 Å². The van der Waals surface area contributed by atoms with E-state index >= 15 is 0 Å². The maximum Gasteiger partial charge on any atom is 0.222 e. The first-order chi connectivity index (χ1) is 16.0. The van der Waals surface area contributed by atoms with Gasteiger partial charge < -0.3 is 14.6 Å². The van der Waals surface area contributed by atoms with Gasteiger partial charge in [-0.25, -0.2) is 9.07 Å². The normalized spacial score (nSPS) is 12.0. The zero-order chi connectivity index (χ0) is 23.6. The SMILES string of the molecule is C#CCOC[C@H](O)CN(CCC)Cc1c(-c2ccccc2)nn(C)c1Oc1cccc(F)c1. The van der Waals surface area contributed by atoms with Gasteiger partial charge in [0.2, 0.25) is 5.88 Å². The largest absolute Gasteiger partial charge is 0.439 e. The Bertz CT molecular complexity index is 1060. The maximum atomic E-state index is 13.8. The molecule has 1 aromatic heterocycles. The summed E-state index contributed by atoms with van der Waals surface area (Å²) in [6.07, 6.45) is 5.43. The van der Waals surface area contributed by atoms with E-state index in [1.807, 2.05) is 30.3 Å². The summed E-state index contributed by atoms with van der Waals surface area (Å²) in [7, 11) is 1.80. The summed E-state index contributed by atoms with van der Waals surface area (Å²) in [6, 6.07) is 15.9. The van der Waals surface area contributed by atoms with E-state index in [0.29, 0.717) is 24.7 Å². The molecule has 0 unspecified atom stereocenters. The van der Waals surface area contributed by atoms with E-state index in [1.54, 1.807) is 23.9 Å². The fourth-order valence-electron chi connectivity index (χ4n) is 3.67. The minimum Gasteiger partial charge on any atom is -0.439 e. The van der Waals surface area contributed by atoms with Gasteiger partial charge in [0.05, 0.1) is 18.3 Å². The van der Waals surface area contributed by atoms with Gasteiger partial charge in [-0.15, -0.1) is 6.42 Å². The standard InChI is InChI=1S/C26H30FN3O3/c1-4-14-30(17-22(31)19-32-15-5-2)18-24-25(20-10-7-6-8-11-20)28-29(3)26(24)33-23-13-9-12-21(27)16-23/h2,6-13,16,22,31H,4,14-15,17-19H2,1,3H3/t22-/m1/s1. The number of hydrogen-bond donors (Lipinski definition) is 1. The van der Waals surface area contributed by atoms with Crippen molar-refractivity contribution in [2.24, 2.45) is 7.05 Å². The molecule has 0 amide bonds. The Hall–Kier alpha value is -3.18. The number of nitrogens with zero attached hydrogens (tertiary/aromatic N) is 3. The first-order valence-corrected chi connectivity index (χ1v) is 11.0. The molecule has 0 aliphatic rings. The van der Waals surface area contributed by atoms with E-state index in [1.165, 1.54) is 12.1 Å². The fraction of sp³-hybridized carbons (Fsp3) is 0.346. The Kier molecular flexibility index (Phi) is 9.02. The van der Waals surface area contributed by atoms with Gasteiger partial charge in [-0.3, -0.25) is 4.90 Å². The van der Waals surface area contributed by atoms with E-state index < -0.39 is 6.10 Å². The van der Waals surface area contributed by atoms with Crippen molar-refractivity contribution in [1.29, 1.82) is 0 Å². The average molecular weight is 452 g/mol. The number of ether oxygens (including phenoxy) is 2. The van der Waals surface area contributed by atoms with Gasteiger partial charge in [0.15, 0.2) is 0 Å². The van der Waals surface area contributed by atoms with Crippen molar-refractivity contribution in [3.05, 3.63) is 66.0 Å². The predicted molar refractivity (Wildman–Crippen MR) is 126 cm³/mol. The van der Waals surface area contributed by atoms with Crippen LogP contribution in [0.3, 0.4) is 0 Å². The molecule has 0 aliphatic carbocycles. The molecule has 2 aromatic carbocycles. The van der Waals surface area contributed by atoms with Crippen LogP contribution in [0, 0.1) is 18.2 Å². The van der Waals surface area contributed by atoms with Gasteiger partial charge in [0.1, 0.15) is 23.9 Å². The lowest BCUT2D eigenvalue weighted by molar-refractivity contribution is 0.0260. The van der Waals surface area contributed by atoms with Gasteiger partial charge in [0.25, 0.3) is 0 Å². The first-order valence-electron chi connectivity index (χ1n) is 11.0. The zero-order valence-corrected chi connectivity index (χ0v) is 19.1. The van der Waals surface area contributed by atoms with Crippen LogP contribution in [-0.4, -0.2) is 52.2 Å². The Balaban J connectivity index is 1.93. The van der Waals surface area contributed by atoms with Crippen LogP contribution in [0.2, 0.25) is 0 Å². The molecule has 0 spiro atoms. The van der Waals surface area contributed by atoms with Crippen molar-refractivity contribution in [2.75, 3.05) is 26.3 Å². The molecule has 0 bridgehead atoms. The number of aliphatic hydroxyl groups is 1. The van der Waals surface area contributed by atoms with Gasteiger partial charge in [-0.1, -0.05) is 49.2 Å². The summed E-state index contributed by atoms with van der Waals surface area (Å²) in [5, 5.41) is 15.2. The number of aryl methyl sites for hydroxylation is 1. The number of terminal acetylenes is 1. The van der Waals surface area contributed by atoms with E-state index in [2.05, 4.69) is 17.7 Å². The molecule has 1 atom stereocenters. The summed E-state index contributed by atoms with van der Waals surface area (Å²) in [5.41, 5.74) is 2.59. The summed E-state index contributed by atoms with van der Waals surface area (Å²) in [6.45, 7) is 4.06. The topological polar surface area (TPSA) is 59.8 Å². The zero-order valence-electron chi connectivity index (χ0n) is 19.1. The fourth-order valence-corrected chi connectivity index (χ4v) is 3.67. The Morgan fingerprint density at radius 2 is 2.00 bits per heavy atom. The van der Waals surface area contributed by atoms with Gasteiger partial charge in [0, 0.05) is 31.8 Å². The maximum absolute atomic E-state index is 13.8. The highest BCUT2D eigenvalue weighted by atomic mass is 19.1. The predicted octanol–water partition coefficient (Wildman–Crippen LogP) is 4.24. The lowest BCUT2D eigenvalue weighted by atomic mass is 10.1. The van der Waals surface area contributed by atoms with Crippen LogP contribution in [0.15, 0.2) is 54.6 Å². The third kappa shape index (κ3) is 6.90. The number of benzene rings is 2. The lowest BCUT2D eigenvalue weighted by Gasteiger charge is -2.25. The molecule has 3 rings (SSSR count). The molecule has 0 saturated carbocycles. The quantitative estimate of drug-likeness (QED) is 0.330. The molecular formula is C26H30FN3O3. The number of aromatic nitrogens is 2. The minimum atomic E-state index is -0.686. The third-order valence-electron chi connectivity index (χ3n) is 5.03. The molecule has 7 heteroatoms. The van der Waals surface area contributed by atoms with Crippen LogP contribution < -0.4 is 4.74 Å². The summed E-state index contributed by atoms with van der Waals surface area (Å²) in [5.74, 6) is 2.95. The van der Waals surface area contributed by atoms with Crippen molar-refractivity contribution < 1.29 is 19.0 Å². The Morgan fingerprint density at radius 3 is 2.70 bits per heavy atom. The summed E-state index contributed by atoms with van der Waals surface area (Å²) in [4.78, 5) is 2.13. The summed E-state index contributed by atoms with van der Waals surface area (Å²) >= 11 is 0. The van der Waals surface area contributed by atoms with Crippen LogP contribution in [0.25, 0.3) is 11.3 Å². The van der Waals surface area contributed by atoms with Crippen LogP contribution in [0.4, 0.5) is 4.39 Å². The molecule has 0 fully saturated rings. The highest BCUT2D eigenvalue weighted by Crippen LogP contribution is 2.34. The number of rotatable bonds is 12. The monoisotopic (exact) mass is 451 g/mol. The second kappa shape index (κ2) is 12.2. The lowest BCUT2D eigenvalue weighted by Crippen LogP contribution is -2.35. The van der Waals surface area contributed by atoms with E-state index in [-0.39, 0.29) is 19.0 Å². The molecule has 6 nitrogen and oxygen atoms in total. The van der Waals surface area contributed by atoms with Crippen LogP contribution in [0.1, 0.15) is 18.9 Å². The van der Waals surface area contributed by atoms with E-state index in [9.17, 15) is 9.50 Å². The number of halogens is 1. The van der Waals surface area contributed by atoms with E-state index in [0.717, 1.165) is 29.8 Å². The smallest absolute Gasteiger partial charge is 0.222 e. The van der Waals surface area contributed by atoms with Gasteiger partial charge in [-0.05, 0) is 25.1 Å². The molecule has 3 aromatic rings. The van der Waals surface area contributed by atoms with Crippen molar-refractivity contribution in [1.82, 2.24) is 14.7 Å². The second-order valence-corrected chi connectivity index (χ2v) is 7.79. The van der Waals surface area contributed by atoms with Crippen LogP contribution in [-0.2, 0) is 18.3 Å². The highest BCUT2D eigenvalue weighted by molar-refractivity contribution is 5.65. The third-order valence-corrected chi connectivity index (χ3v) is 5.03. The van der Waals surface area contributed by atoms with Crippen molar-refractivity contribution in [2.45, 2.75) is 26.0 Å². The van der Waals surface area contributed by atoms with Gasteiger partial charge in [-0.2, -0.15) is 5.10 Å². The molecule has 0 radical (unpaired) electrons. The van der Waals surface area contributed by atoms with E-state index in [4.69, 9.17) is 21.0 Å². The molecule has 1 heterocycles. The summed E-state index contributed by atoms with van der Waals surface area (Å²) < 4.78 is 26.8. The first kappa shape index (κ1) is 24.5. The molecule has 1 N–H and O–H groups in total. The molecular weight excluding hydrogens is 421 g/mol.